The second-order valence-corrected chi connectivity index (χ2v) is 11.0. The number of aromatic nitrogens is 3. The molecule has 4 heterocycles. The van der Waals surface area contributed by atoms with Crippen LogP contribution in [0.4, 0.5) is 0 Å². The maximum atomic E-state index is 2.44. The van der Waals surface area contributed by atoms with Gasteiger partial charge >= 0.3 is 0 Å². The van der Waals surface area contributed by atoms with Gasteiger partial charge in [-0.15, -0.1) is 0 Å². The van der Waals surface area contributed by atoms with Crippen LogP contribution in [-0.2, 0) is 0 Å². The van der Waals surface area contributed by atoms with E-state index in [0.717, 1.165) is 0 Å². The number of para-hydroxylation sites is 4. The van der Waals surface area contributed by atoms with Gasteiger partial charge in [-0.25, -0.2) is 0 Å². The van der Waals surface area contributed by atoms with Gasteiger partial charge in [0.15, 0.2) is 0 Å². The molecule has 0 radical (unpaired) electrons. The van der Waals surface area contributed by atoms with Crippen LogP contribution in [0.15, 0.2) is 140 Å². The molecule has 190 valence electrons. The molecule has 0 unspecified atom stereocenters. The van der Waals surface area contributed by atoms with Gasteiger partial charge in [-0.05, 0) is 54.6 Å². The van der Waals surface area contributed by atoms with Crippen LogP contribution in [-0.4, -0.2) is 13.5 Å². The van der Waals surface area contributed by atoms with Crippen molar-refractivity contribution in [2.45, 2.75) is 0 Å². The summed E-state index contributed by atoms with van der Waals surface area (Å²) in [5.41, 5.74) is 9.89. The SMILES string of the molecule is c1ccc(-n2c3ccccc3c3c4ccn5c4c(cc32)c2ccc3c(c4ccccc4n3-c3ccccc3)c25)cc1. The Morgan fingerprint density at radius 3 is 1.61 bits per heavy atom. The molecule has 0 spiro atoms. The molecule has 0 aliphatic carbocycles. The summed E-state index contributed by atoms with van der Waals surface area (Å²) in [4.78, 5) is 0. The highest BCUT2D eigenvalue weighted by Crippen LogP contribution is 2.45. The highest BCUT2D eigenvalue weighted by molar-refractivity contribution is 6.32. The predicted molar refractivity (Wildman–Crippen MR) is 172 cm³/mol. The van der Waals surface area contributed by atoms with E-state index >= 15 is 0 Å². The summed E-state index contributed by atoms with van der Waals surface area (Å²) in [5, 5.41) is 9.08. The summed E-state index contributed by atoms with van der Waals surface area (Å²) < 4.78 is 7.27. The Morgan fingerprint density at radius 2 is 0.927 bits per heavy atom. The van der Waals surface area contributed by atoms with E-state index in [-0.39, 0.29) is 0 Å². The smallest absolute Gasteiger partial charge is 0.0635 e. The van der Waals surface area contributed by atoms with Gasteiger partial charge in [0.25, 0.3) is 0 Å². The van der Waals surface area contributed by atoms with Crippen LogP contribution in [0.25, 0.3) is 82.2 Å². The largest absolute Gasteiger partial charge is 0.315 e. The first kappa shape index (κ1) is 21.3. The summed E-state index contributed by atoms with van der Waals surface area (Å²) in [5.74, 6) is 0. The van der Waals surface area contributed by atoms with Gasteiger partial charge in [-0.2, -0.15) is 0 Å². The van der Waals surface area contributed by atoms with Gasteiger partial charge in [0.1, 0.15) is 0 Å². The molecule has 3 nitrogen and oxygen atoms in total. The molecular weight excluding hydrogens is 498 g/mol. The molecule has 0 amide bonds. The minimum Gasteiger partial charge on any atom is -0.315 e. The number of hydrogen-bond acceptors (Lipinski definition) is 0. The van der Waals surface area contributed by atoms with Crippen LogP contribution >= 0.6 is 0 Å². The zero-order valence-electron chi connectivity index (χ0n) is 22.1. The Kier molecular flexibility index (Phi) is 3.93. The van der Waals surface area contributed by atoms with Crippen LogP contribution in [0.3, 0.4) is 0 Å². The van der Waals surface area contributed by atoms with E-state index in [1.165, 1.54) is 82.2 Å². The fraction of sp³-hybridized carbons (Fsp3) is 0. The van der Waals surface area contributed by atoms with Gasteiger partial charge in [-0.1, -0.05) is 78.9 Å². The fourth-order valence-corrected chi connectivity index (χ4v) is 7.41. The normalized spacial score (nSPS) is 12.4. The van der Waals surface area contributed by atoms with E-state index in [1.54, 1.807) is 0 Å². The van der Waals surface area contributed by atoms with Crippen LogP contribution in [0.2, 0.25) is 0 Å². The third-order valence-electron chi connectivity index (χ3n) is 8.97. The first-order valence-electron chi connectivity index (χ1n) is 14.1. The Morgan fingerprint density at radius 1 is 0.341 bits per heavy atom. The highest BCUT2D eigenvalue weighted by atomic mass is 15.0. The van der Waals surface area contributed by atoms with E-state index in [1.807, 2.05) is 0 Å². The number of rotatable bonds is 2. The highest BCUT2D eigenvalue weighted by Gasteiger charge is 2.23. The molecule has 41 heavy (non-hydrogen) atoms. The van der Waals surface area contributed by atoms with Crippen molar-refractivity contribution in [3.8, 4) is 11.4 Å². The monoisotopic (exact) mass is 521 g/mol. The van der Waals surface area contributed by atoms with Crippen LogP contribution in [0.1, 0.15) is 0 Å². The second-order valence-electron chi connectivity index (χ2n) is 11.0. The van der Waals surface area contributed by atoms with Crippen molar-refractivity contribution in [3.05, 3.63) is 140 Å². The zero-order valence-corrected chi connectivity index (χ0v) is 22.1. The third-order valence-corrected chi connectivity index (χ3v) is 8.97. The van der Waals surface area contributed by atoms with Gasteiger partial charge in [0.2, 0.25) is 0 Å². The Balaban J connectivity index is 1.43. The fourth-order valence-electron chi connectivity index (χ4n) is 7.41. The molecule has 4 aromatic heterocycles. The van der Waals surface area contributed by atoms with Gasteiger partial charge < -0.3 is 13.5 Å². The molecule has 0 fully saturated rings. The molecule has 6 aromatic carbocycles. The van der Waals surface area contributed by atoms with Crippen molar-refractivity contribution >= 4 is 70.8 Å². The van der Waals surface area contributed by atoms with E-state index < -0.39 is 0 Å². The molecule has 0 saturated carbocycles. The number of nitrogens with zero attached hydrogens (tertiary/aromatic N) is 3. The van der Waals surface area contributed by atoms with Crippen molar-refractivity contribution in [3.63, 3.8) is 0 Å². The third kappa shape index (κ3) is 2.59. The Labute approximate surface area is 235 Å². The molecule has 0 aliphatic rings. The molecule has 10 rings (SSSR count). The van der Waals surface area contributed by atoms with E-state index in [0.29, 0.717) is 0 Å². The van der Waals surface area contributed by atoms with Crippen LogP contribution < -0.4 is 0 Å². The van der Waals surface area contributed by atoms with Crippen LogP contribution in [0, 0.1) is 0 Å². The minimum absolute atomic E-state index is 1.18. The molecule has 0 bridgehead atoms. The first-order valence-corrected chi connectivity index (χ1v) is 14.1. The summed E-state index contributed by atoms with van der Waals surface area (Å²) in [6.45, 7) is 0. The molecule has 3 heteroatoms. The lowest BCUT2D eigenvalue weighted by molar-refractivity contribution is 1.18. The molecule has 10 aromatic rings. The minimum atomic E-state index is 1.18. The average molecular weight is 522 g/mol. The number of fused-ring (bicyclic) bond motifs is 11. The van der Waals surface area contributed by atoms with E-state index in [9.17, 15) is 0 Å². The van der Waals surface area contributed by atoms with Crippen LogP contribution in [0.5, 0.6) is 0 Å². The summed E-state index contributed by atoms with van der Waals surface area (Å²) in [7, 11) is 0. The average Bonchev–Trinajstić information content (AvgIpc) is 3.77. The predicted octanol–water partition coefficient (Wildman–Crippen LogP) is 9.88. The molecule has 0 atom stereocenters. The number of hydrogen-bond donors (Lipinski definition) is 0. The van der Waals surface area contributed by atoms with Crippen molar-refractivity contribution in [1.82, 2.24) is 13.5 Å². The lowest BCUT2D eigenvalue weighted by Gasteiger charge is -2.08. The van der Waals surface area contributed by atoms with Gasteiger partial charge in [-0.3, -0.25) is 0 Å². The summed E-state index contributed by atoms with van der Waals surface area (Å²) >= 11 is 0. The maximum absolute atomic E-state index is 2.44. The topological polar surface area (TPSA) is 14.3 Å². The first-order chi connectivity index (χ1) is 20.4. The van der Waals surface area contributed by atoms with Gasteiger partial charge in [0, 0.05) is 55.3 Å². The van der Waals surface area contributed by atoms with E-state index in [4.69, 9.17) is 0 Å². The lowest BCUT2D eigenvalue weighted by atomic mass is 10.0. The molecular formula is C38H23N3. The van der Waals surface area contributed by atoms with E-state index in [2.05, 4.69) is 153 Å². The zero-order chi connectivity index (χ0) is 26.7. The second kappa shape index (κ2) is 7.56. The van der Waals surface area contributed by atoms with Crippen molar-refractivity contribution in [2.75, 3.05) is 0 Å². The quantitative estimate of drug-likeness (QED) is 0.215. The molecule has 0 N–H and O–H groups in total. The lowest BCUT2D eigenvalue weighted by Crippen LogP contribution is -1.93. The molecule has 0 aliphatic heterocycles. The maximum Gasteiger partial charge on any atom is 0.0635 e. The standard InChI is InChI=1S/C38H23N3/c1-3-11-24(12-4-1)40-32-18-10-8-16-28(32)36-33(40)20-19-26-30-23-34-35(29-21-22-39(37(29)30)38(26)36)27-15-7-9-17-31(27)41(34)25-13-5-2-6-14-25/h1-23H. The summed E-state index contributed by atoms with van der Waals surface area (Å²) in [6.07, 6.45) is 2.28. The van der Waals surface area contributed by atoms with Crippen molar-refractivity contribution < 1.29 is 0 Å². The van der Waals surface area contributed by atoms with Crippen molar-refractivity contribution in [2.24, 2.45) is 0 Å². The van der Waals surface area contributed by atoms with Gasteiger partial charge in [0.05, 0.1) is 33.1 Å². The Hall–Kier alpha value is -5.54. The Bertz CT molecular complexity index is 2610. The number of benzene rings is 6. The summed E-state index contributed by atoms with van der Waals surface area (Å²) in [6, 6.07) is 48.5. The molecule has 0 saturated heterocycles. The van der Waals surface area contributed by atoms with Crippen molar-refractivity contribution in [1.29, 1.82) is 0 Å².